The van der Waals surface area contributed by atoms with Crippen molar-refractivity contribution >= 4 is 63.7 Å². The van der Waals surface area contributed by atoms with Crippen molar-refractivity contribution in [2.45, 2.75) is 6.92 Å². The Morgan fingerprint density at radius 2 is 1.37 bits per heavy atom. The maximum Gasteiger partial charge on any atom is 0.257 e. The fraction of sp³-hybridized carbons (Fsp3) is 0.0455. The quantitative estimate of drug-likeness (QED) is 0.440. The lowest BCUT2D eigenvalue weighted by atomic mass is 10.1. The second kappa shape index (κ2) is 9.71. The Labute approximate surface area is 189 Å². The van der Waals surface area contributed by atoms with Crippen molar-refractivity contribution in [3.05, 3.63) is 93.5 Å². The van der Waals surface area contributed by atoms with Crippen LogP contribution in [0.15, 0.2) is 66.7 Å². The highest BCUT2D eigenvalue weighted by molar-refractivity contribution is 7.80. The van der Waals surface area contributed by atoms with Crippen LogP contribution in [0.5, 0.6) is 0 Å². The van der Waals surface area contributed by atoms with Crippen LogP contribution in [-0.2, 0) is 0 Å². The van der Waals surface area contributed by atoms with Crippen LogP contribution in [0.25, 0.3) is 0 Å². The molecular weight excluding hydrogens is 441 g/mol. The number of hydrogen-bond donors (Lipinski definition) is 3. The summed E-state index contributed by atoms with van der Waals surface area (Å²) in [5.74, 6) is -0.615. The smallest absolute Gasteiger partial charge is 0.257 e. The van der Waals surface area contributed by atoms with Crippen LogP contribution < -0.4 is 16.0 Å². The lowest BCUT2D eigenvalue weighted by molar-refractivity contribution is 0.0976. The van der Waals surface area contributed by atoms with Gasteiger partial charge in [0.2, 0.25) is 0 Å². The van der Waals surface area contributed by atoms with Crippen LogP contribution in [0.1, 0.15) is 26.3 Å². The monoisotopic (exact) mass is 457 g/mol. The maximum absolute atomic E-state index is 12.4. The van der Waals surface area contributed by atoms with E-state index in [2.05, 4.69) is 16.0 Å². The number of thiocarbonyl (C=S) groups is 1. The molecule has 30 heavy (non-hydrogen) atoms. The van der Waals surface area contributed by atoms with Gasteiger partial charge in [0, 0.05) is 32.5 Å². The van der Waals surface area contributed by atoms with E-state index in [0.717, 1.165) is 5.56 Å². The van der Waals surface area contributed by atoms with Gasteiger partial charge in [-0.1, -0.05) is 41.4 Å². The van der Waals surface area contributed by atoms with E-state index in [9.17, 15) is 9.59 Å². The highest BCUT2D eigenvalue weighted by atomic mass is 35.5. The van der Waals surface area contributed by atoms with Gasteiger partial charge >= 0.3 is 0 Å². The number of nitrogens with one attached hydrogen (secondary N) is 3. The Morgan fingerprint density at radius 3 is 1.97 bits per heavy atom. The summed E-state index contributed by atoms with van der Waals surface area (Å²) in [6.45, 7) is 1.88. The second-order valence-corrected chi connectivity index (χ2v) is 7.69. The highest BCUT2D eigenvalue weighted by Crippen LogP contribution is 2.19. The number of carbonyl (C=O) groups excluding carboxylic acids is 2. The van der Waals surface area contributed by atoms with Crippen LogP contribution in [0.2, 0.25) is 10.0 Å². The van der Waals surface area contributed by atoms with E-state index in [-0.39, 0.29) is 11.0 Å². The summed E-state index contributed by atoms with van der Waals surface area (Å²) in [4.78, 5) is 24.7. The van der Waals surface area contributed by atoms with E-state index in [4.69, 9.17) is 35.4 Å². The lowest BCUT2D eigenvalue weighted by Gasteiger charge is -2.11. The van der Waals surface area contributed by atoms with Crippen molar-refractivity contribution in [2.75, 3.05) is 10.6 Å². The third-order valence-electron chi connectivity index (χ3n) is 4.14. The predicted molar refractivity (Wildman–Crippen MR) is 126 cm³/mol. The van der Waals surface area contributed by atoms with E-state index in [1.807, 2.05) is 25.1 Å². The number of amides is 2. The summed E-state index contributed by atoms with van der Waals surface area (Å²) >= 11 is 17.0. The van der Waals surface area contributed by atoms with Gasteiger partial charge < -0.3 is 10.6 Å². The third kappa shape index (κ3) is 5.79. The average molecular weight is 458 g/mol. The molecule has 0 radical (unpaired) electrons. The molecule has 0 atom stereocenters. The largest absolute Gasteiger partial charge is 0.332 e. The molecule has 0 heterocycles. The summed E-state index contributed by atoms with van der Waals surface area (Å²) < 4.78 is 0. The number of benzene rings is 3. The molecule has 0 saturated carbocycles. The molecule has 152 valence electrons. The van der Waals surface area contributed by atoms with E-state index < -0.39 is 5.91 Å². The van der Waals surface area contributed by atoms with Crippen molar-refractivity contribution in [2.24, 2.45) is 0 Å². The summed E-state index contributed by atoms with van der Waals surface area (Å²) in [5.41, 5.74) is 3.10. The van der Waals surface area contributed by atoms with Gasteiger partial charge in [-0.3, -0.25) is 14.9 Å². The fourth-order valence-corrected chi connectivity index (χ4v) is 3.42. The van der Waals surface area contributed by atoms with Crippen LogP contribution >= 0.6 is 35.4 Å². The van der Waals surface area contributed by atoms with Gasteiger partial charge in [-0.05, 0) is 73.2 Å². The molecule has 5 nitrogen and oxygen atoms in total. The number of halogens is 2. The minimum atomic E-state index is -0.431. The number of hydrogen-bond acceptors (Lipinski definition) is 3. The summed E-state index contributed by atoms with van der Waals surface area (Å²) in [6.07, 6.45) is 0. The molecule has 0 unspecified atom stereocenters. The van der Waals surface area contributed by atoms with Crippen LogP contribution in [0, 0.1) is 6.92 Å². The lowest BCUT2D eigenvalue weighted by Crippen LogP contribution is -2.34. The number of carbonyl (C=O) groups is 2. The molecule has 0 fully saturated rings. The number of anilines is 2. The Hall–Kier alpha value is -2.93. The fourth-order valence-electron chi connectivity index (χ4n) is 2.69. The van der Waals surface area contributed by atoms with Crippen molar-refractivity contribution in [1.29, 1.82) is 0 Å². The van der Waals surface area contributed by atoms with E-state index in [1.54, 1.807) is 30.3 Å². The molecule has 0 bridgehead atoms. The zero-order valence-corrected chi connectivity index (χ0v) is 18.2. The topological polar surface area (TPSA) is 70.2 Å². The Kier molecular flexibility index (Phi) is 7.05. The van der Waals surface area contributed by atoms with Crippen molar-refractivity contribution < 1.29 is 9.59 Å². The van der Waals surface area contributed by atoms with Crippen LogP contribution in [-0.4, -0.2) is 16.9 Å². The molecule has 3 aromatic rings. The zero-order valence-electron chi connectivity index (χ0n) is 15.8. The minimum absolute atomic E-state index is 0.118. The standard InChI is InChI=1S/C22H17Cl2N3O2S/c1-13-4-2-3-5-19(13)21(29)25-17-6-8-18(9-7-17)26-22(30)27-20(28)14-10-15(23)12-16(24)11-14/h2-12H,1H3,(H,25,29)(H2,26,27,28,30). The first-order valence-electron chi connectivity index (χ1n) is 8.87. The minimum Gasteiger partial charge on any atom is -0.332 e. The summed E-state index contributed by atoms with van der Waals surface area (Å²) in [6, 6.07) is 18.8. The molecule has 0 aromatic heterocycles. The molecule has 2 amide bonds. The number of rotatable bonds is 4. The van der Waals surface area contributed by atoms with Gasteiger partial charge in [-0.25, -0.2) is 0 Å². The predicted octanol–water partition coefficient (Wildman–Crippen LogP) is 5.68. The van der Waals surface area contributed by atoms with Crippen molar-refractivity contribution in [3.8, 4) is 0 Å². The molecule has 0 aliphatic carbocycles. The molecule has 0 aliphatic heterocycles. The van der Waals surface area contributed by atoms with E-state index in [0.29, 0.717) is 32.5 Å². The molecule has 3 rings (SSSR count). The first-order chi connectivity index (χ1) is 14.3. The van der Waals surface area contributed by atoms with Crippen molar-refractivity contribution in [3.63, 3.8) is 0 Å². The average Bonchev–Trinajstić information content (AvgIpc) is 2.69. The van der Waals surface area contributed by atoms with E-state index >= 15 is 0 Å². The second-order valence-electron chi connectivity index (χ2n) is 6.41. The van der Waals surface area contributed by atoms with E-state index in [1.165, 1.54) is 18.2 Å². The normalized spacial score (nSPS) is 10.2. The van der Waals surface area contributed by atoms with Gasteiger partial charge in [0.15, 0.2) is 5.11 Å². The molecular formula is C22H17Cl2N3O2S. The zero-order chi connectivity index (χ0) is 21.7. The Balaban J connectivity index is 1.58. The van der Waals surface area contributed by atoms with Gasteiger partial charge in [0.05, 0.1) is 0 Å². The Morgan fingerprint density at radius 1 is 0.800 bits per heavy atom. The van der Waals surface area contributed by atoms with Gasteiger partial charge in [-0.2, -0.15) is 0 Å². The highest BCUT2D eigenvalue weighted by Gasteiger charge is 2.11. The van der Waals surface area contributed by atoms with Gasteiger partial charge in [0.25, 0.3) is 11.8 Å². The van der Waals surface area contributed by atoms with Crippen LogP contribution in [0.3, 0.4) is 0 Å². The first-order valence-corrected chi connectivity index (χ1v) is 10.0. The summed E-state index contributed by atoms with van der Waals surface area (Å²) in [5, 5.41) is 9.16. The van der Waals surface area contributed by atoms with Gasteiger partial charge in [0.1, 0.15) is 0 Å². The number of aryl methyl sites for hydroxylation is 1. The SMILES string of the molecule is Cc1ccccc1C(=O)Nc1ccc(NC(=S)NC(=O)c2cc(Cl)cc(Cl)c2)cc1. The van der Waals surface area contributed by atoms with Crippen LogP contribution in [0.4, 0.5) is 11.4 Å². The first kappa shape index (κ1) is 21.8. The molecule has 0 spiro atoms. The molecule has 8 heteroatoms. The molecule has 0 saturated heterocycles. The molecule has 3 N–H and O–H groups in total. The van der Waals surface area contributed by atoms with Gasteiger partial charge in [-0.15, -0.1) is 0 Å². The third-order valence-corrected chi connectivity index (χ3v) is 4.78. The Bertz CT molecular complexity index is 1100. The van der Waals surface area contributed by atoms with Crippen molar-refractivity contribution in [1.82, 2.24) is 5.32 Å². The molecule has 3 aromatic carbocycles. The molecule has 0 aliphatic rings. The maximum atomic E-state index is 12.4. The summed E-state index contributed by atoms with van der Waals surface area (Å²) in [7, 11) is 0.